The van der Waals surface area contributed by atoms with Gasteiger partial charge < -0.3 is 16.0 Å². The van der Waals surface area contributed by atoms with Crippen molar-refractivity contribution >= 4 is 11.6 Å². The summed E-state index contributed by atoms with van der Waals surface area (Å²) in [4.78, 5) is 14.8. The first-order chi connectivity index (χ1) is 9.86. The molecule has 1 atom stereocenters. The standard InChI is InChI=1S/C17H27N3O/c1-12(2)15(20(3)4)11-19-16(21)17(9-10-17)13-5-7-14(18)8-6-13/h5-8,12,15H,9-11,18H2,1-4H3,(H,19,21). The van der Waals surface area contributed by atoms with Crippen LogP contribution in [0.25, 0.3) is 0 Å². The van der Waals surface area contributed by atoms with E-state index in [2.05, 4.69) is 38.2 Å². The Bertz CT molecular complexity index is 481. The predicted molar refractivity (Wildman–Crippen MR) is 87.1 cm³/mol. The minimum Gasteiger partial charge on any atom is -0.399 e. The van der Waals surface area contributed by atoms with E-state index in [1.165, 1.54) is 0 Å². The second-order valence-corrected chi connectivity index (χ2v) is 6.69. The molecule has 0 bridgehead atoms. The first-order valence-corrected chi connectivity index (χ1v) is 7.67. The third-order valence-electron chi connectivity index (χ3n) is 4.55. The lowest BCUT2D eigenvalue weighted by molar-refractivity contribution is -0.123. The van der Waals surface area contributed by atoms with Crippen molar-refractivity contribution in [2.45, 2.75) is 38.1 Å². The van der Waals surface area contributed by atoms with Crippen LogP contribution in [-0.4, -0.2) is 37.5 Å². The summed E-state index contributed by atoms with van der Waals surface area (Å²) >= 11 is 0. The van der Waals surface area contributed by atoms with Crippen molar-refractivity contribution in [1.82, 2.24) is 10.2 Å². The maximum Gasteiger partial charge on any atom is 0.230 e. The number of amides is 1. The zero-order chi connectivity index (χ0) is 15.6. The van der Waals surface area contributed by atoms with E-state index in [9.17, 15) is 4.79 Å². The Morgan fingerprint density at radius 1 is 1.29 bits per heavy atom. The maximum absolute atomic E-state index is 12.6. The summed E-state index contributed by atoms with van der Waals surface area (Å²) in [6, 6.07) is 8.07. The van der Waals surface area contributed by atoms with Crippen LogP contribution in [0.2, 0.25) is 0 Å². The number of nitrogens with zero attached hydrogens (tertiary/aromatic N) is 1. The van der Waals surface area contributed by atoms with Crippen LogP contribution in [0.3, 0.4) is 0 Å². The number of rotatable bonds is 6. The van der Waals surface area contributed by atoms with Crippen LogP contribution in [0.15, 0.2) is 24.3 Å². The molecular weight excluding hydrogens is 262 g/mol. The van der Waals surface area contributed by atoms with Gasteiger partial charge in [-0.2, -0.15) is 0 Å². The summed E-state index contributed by atoms with van der Waals surface area (Å²) in [6.45, 7) is 5.06. The Labute approximate surface area is 127 Å². The highest BCUT2D eigenvalue weighted by Crippen LogP contribution is 2.48. The summed E-state index contributed by atoms with van der Waals surface area (Å²) in [5.74, 6) is 0.659. The van der Waals surface area contributed by atoms with Gasteiger partial charge in [-0.3, -0.25) is 4.79 Å². The van der Waals surface area contributed by atoms with Gasteiger partial charge >= 0.3 is 0 Å². The van der Waals surface area contributed by atoms with E-state index in [0.717, 1.165) is 24.1 Å². The number of nitrogens with two attached hydrogens (primary N) is 1. The van der Waals surface area contributed by atoms with Gasteiger partial charge in [0.2, 0.25) is 5.91 Å². The molecular formula is C17H27N3O. The van der Waals surface area contributed by atoms with E-state index >= 15 is 0 Å². The highest BCUT2D eigenvalue weighted by atomic mass is 16.2. The van der Waals surface area contributed by atoms with Crippen LogP contribution in [0.4, 0.5) is 5.69 Å². The molecule has 2 rings (SSSR count). The van der Waals surface area contributed by atoms with Gasteiger partial charge in [0.05, 0.1) is 5.41 Å². The second kappa shape index (κ2) is 6.06. The SMILES string of the molecule is CC(C)C(CNC(=O)C1(c2ccc(N)cc2)CC1)N(C)C. The van der Waals surface area contributed by atoms with Crippen LogP contribution < -0.4 is 11.1 Å². The number of nitrogens with one attached hydrogen (secondary N) is 1. The molecule has 0 heterocycles. The minimum atomic E-state index is -0.318. The Hall–Kier alpha value is -1.55. The minimum absolute atomic E-state index is 0.153. The summed E-state index contributed by atoms with van der Waals surface area (Å²) < 4.78 is 0. The van der Waals surface area contributed by atoms with E-state index in [0.29, 0.717) is 18.5 Å². The third-order valence-corrected chi connectivity index (χ3v) is 4.55. The fourth-order valence-corrected chi connectivity index (χ4v) is 2.96. The van der Waals surface area contributed by atoms with E-state index in [1.807, 2.05) is 24.3 Å². The smallest absolute Gasteiger partial charge is 0.230 e. The first kappa shape index (κ1) is 15.8. The predicted octanol–water partition coefficient (Wildman–Crippen LogP) is 2.00. The van der Waals surface area contributed by atoms with Crippen LogP contribution in [0.5, 0.6) is 0 Å². The molecule has 1 aromatic carbocycles. The van der Waals surface area contributed by atoms with E-state index in [-0.39, 0.29) is 11.3 Å². The topological polar surface area (TPSA) is 58.4 Å². The van der Waals surface area contributed by atoms with E-state index in [1.54, 1.807) is 0 Å². The number of carbonyl (C=O) groups is 1. The fourth-order valence-electron chi connectivity index (χ4n) is 2.96. The maximum atomic E-state index is 12.6. The molecule has 4 heteroatoms. The molecule has 0 spiro atoms. The normalized spacial score (nSPS) is 17.8. The molecule has 1 fully saturated rings. The average Bonchev–Trinajstić information content (AvgIpc) is 3.20. The Morgan fingerprint density at radius 3 is 2.29 bits per heavy atom. The lowest BCUT2D eigenvalue weighted by Gasteiger charge is -2.29. The van der Waals surface area contributed by atoms with Gasteiger partial charge in [0.25, 0.3) is 0 Å². The highest BCUT2D eigenvalue weighted by Gasteiger charge is 2.51. The molecule has 0 saturated heterocycles. The monoisotopic (exact) mass is 289 g/mol. The van der Waals surface area contributed by atoms with Gasteiger partial charge in [-0.1, -0.05) is 26.0 Å². The summed E-state index contributed by atoms with van der Waals surface area (Å²) in [7, 11) is 4.12. The summed E-state index contributed by atoms with van der Waals surface area (Å²) in [5, 5.41) is 3.15. The van der Waals surface area contributed by atoms with Gasteiger partial charge in [-0.15, -0.1) is 0 Å². The van der Waals surface area contributed by atoms with E-state index in [4.69, 9.17) is 5.73 Å². The molecule has 1 aliphatic carbocycles. The van der Waals surface area contributed by atoms with Crippen molar-refractivity contribution in [1.29, 1.82) is 0 Å². The molecule has 3 N–H and O–H groups in total. The van der Waals surface area contributed by atoms with Crippen molar-refractivity contribution in [2.24, 2.45) is 5.92 Å². The number of likely N-dealkylation sites (N-methyl/N-ethyl adjacent to an activating group) is 1. The number of hydrogen-bond donors (Lipinski definition) is 2. The largest absolute Gasteiger partial charge is 0.399 e. The van der Waals surface area contributed by atoms with Crippen molar-refractivity contribution in [2.75, 3.05) is 26.4 Å². The first-order valence-electron chi connectivity index (χ1n) is 7.67. The molecule has 116 valence electrons. The number of benzene rings is 1. The zero-order valence-corrected chi connectivity index (χ0v) is 13.5. The quantitative estimate of drug-likeness (QED) is 0.788. The summed E-state index contributed by atoms with van der Waals surface area (Å²) in [6.07, 6.45) is 1.86. The molecule has 4 nitrogen and oxygen atoms in total. The molecule has 0 radical (unpaired) electrons. The fraction of sp³-hybridized carbons (Fsp3) is 0.588. The van der Waals surface area contributed by atoms with Crippen LogP contribution in [0.1, 0.15) is 32.3 Å². The van der Waals surface area contributed by atoms with Gasteiger partial charge in [0, 0.05) is 18.3 Å². The van der Waals surface area contributed by atoms with Crippen LogP contribution in [0, 0.1) is 5.92 Å². The van der Waals surface area contributed by atoms with E-state index < -0.39 is 0 Å². The van der Waals surface area contributed by atoms with Crippen molar-refractivity contribution in [3.8, 4) is 0 Å². The number of carbonyl (C=O) groups excluding carboxylic acids is 1. The van der Waals surface area contributed by atoms with Crippen molar-refractivity contribution in [3.05, 3.63) is 29.8 Å². The molecule has 1 aromatic rings. The second-order valence-electron chi connectivity index (χ2n) is 6.69. The molecule has 1 amide bonds. The Balaban J connectivity index is 2.01. The summed E-state index contributed by atoms with van der Waals surface area (Å²) in [5.41, 5.74) is 7.23. The number of anilines is 1. The van der Waals surface area contributed by atoms with Crippen molar-refractivity contribution in [3.63, 3.8) is 0 Å². The number of hydrogen-bond acceptors (Lipinski definition) is 3. The zero-order valence-electron chi connectivity index (χ0n) is 13.5. The van der Waals surface area contributed by atoms with Crippen LogP contribution in [-0.2, 0) is 10.2 Å². The van der Waals surface area contributed by atoms with Gasteiger partial charge in [-0.25, -0.2) is 0 Å². The Kier molecular flexibility index (Phi) is 4.57. The molecule has 21 heavy (non-hydrogen) atoms. The Morgan fingerprint density at radius 2 is 1.86 bits per heavy atom. The average molecular weight is 289 g/mol. The van der Waals surface area contributed by atoms with Gasteiger partial charge in [0.1, 0.15) is 0 Å². The molecule has 1 saturated carbocycles. The molecule has 0 aliphatic heterocycles. The highest BCUT2D eigenvalue weighted by molar-refractivity contribution is 5.91. The molecule has 1 aliphatic rings. The van der Waals surface area contributed by atoms with Crippen LogP contribution >= 0.6 is 0 Å². The third kappa shape index (κ3) is 3.38. The number of nitrogen functional groups attached to an aromatic ring is 1. The molecule has 1 unspecified atom stereocenters. The molecule has 0 aromatic heterocycles. The van der Waals surface area contributed by atoms with Gasteiger partial charge in [0.15, 0.2) is 0 Å². The lowest BCUT2D eigenvalue weighted by atomic mass is 9.94. The van der Waals surface area contributed by atoms with Crippen molar-refractivity contribution < 1.29 is 4.79 Å². The van der Waals surface area contributed by atoms with Gasteiger partial charge in [-0.05, 0) is 50.6 Å². The lowest BCUT2D eigenvalue weighted by Crippen LogP contribution is -2.46.